The van der Waals surface area contributed by atoms with Crippen molar-refractivity contribution >= 4 is 23.9 Å². The van der Waals surface area contributed by atoms with Gasteiger partial charge < -0.3 is 19.7 Å². The van der Waals surface area contributed by atoms with Crippen LogP contribution in [-0.4, -0.2) is 47.3 Å². The highest BCUT2D eigenvalue weighted by Gasteiger charge is 2.23. The fourth-order valence-corrected chi connectivity index (χ4v) is 8.21. The first-order valence-electron chi connectivity index (χ1n) is 26.0. The molecule has 0 spiro atoms. The number of carboxylic acids is 2. The lowest BCUT2D eigenvalue weighted by Gasteiger charge is -2.15. The summed E-state index contributed by atoms with van der Waals surface area (Å²) in [5.74, 6) is -1.65. The predicted octanol–water partition coefficient (Wildman–Crippen LogP) is 16.4. The van der Waals surface area contributed by atoms with Crippen LogP contribution in [0.4, 0.5) is 0 Å². The van der Waals surface area contributed by atoms with Gasteiger partial charge >= 0.3 is 23.9 Å². The van der Waals surface area contributed by atoms with Crippen molar-refractivity contribution < 1.29 is 38.9 Å². The summed E-state index contributed by atoms with van der Waals surface area (Å²) in [6.45, 7) is 14.3. The number of hydrogen-bond acceptors (Lipinski definition) is 6. The van der Waals surface area contributed by atoms with Crippen LogP contribution in [0.25, 0.3) is 0 Å². The summed E-state index contributed by atoms with van der Waals surface area (Å²) >= 11 is 0. The first-order chi connectivity index (χ1) is 30.9. The highest BCUT2D eigenvalue weighted by atomic mass is 16.5. The van der Waals surface area contributed by atoms with Gasteiger partial charge in [0.25, 0.3) is 0 Å². The predicted molar refractivity (Wildman–Crippen MR) is 265 cm³/mol. The third-order valence-electron chi connectivity index (χ3n) is 12.1. The maximum atomic E-state index is 12.5. The van der Waals surface area contributed by atoms with E-state index in [9.17, 15) is 29.4 Å². The molecule has 0 aliphatic carbocycles. The zero-order valence-electron chi connectivity index (χ0n) is 41.6. The van der Waals surface area contributed by atoms with Crippen LogP contribution in [0, 0.1) is 11.8 Å². The third kappa shape index (κ3) is 28.3. The van der Waals surface area contributed by atoms with Crippen molar-refractivity contribution in [2.24, 2.45) is 11.8 Å². The summed E-state index contributed by atoms with van der Waals surface area (Å²) in [6.07, 6.45) is 34.6. The molecule has 0 saturated carbocycles. The van der Waals surface area contributed by atoms with Crippen LogP contribution < -0.4 is 0 Å². The van der Waals surface area contributed by atoms with Crippen LogP contribution in [0.5, 0.6) is 0 Å². The van der Waals surface area contributed by atoms with Gasteiger partial charge in [-0.1, -0.05) is 214 Å². The number of benzene rings is 2. The quantitative estimate of drug-likeness (QED) is 0.0504. The normalized spacial score (nSPS) is 11.1. The van der Waals surface area contributed by atoms with Crippen molar-refractivity contribution in [1.82, 2.24) is 0 Å². The zero-order valence-corrected chi connectivity index (χ0v) is 41.6. The molecular formula is C56H92O8. The summed E-state index contributed by atoms with van der Waals surface area (Å²) in [5.41, 5.74) is 2.29. The van der Waals surface area contributed by atoms with Gasteiger partial charge in [0.1, 0.15) is 0 Å². The molecule has 0 amide bonds. The minimum absolute atomic E-state index is 0.00624. The largest absolute Gasteiger partial charge is 0.478 e. The molecule has 0 bridgehead atoms. The van der Waals surface area contributed by atoms with Crippen LogP contribution >= 0.6 is 0 Å². The molecule has 364 valence electrons. The molecule has 0 radical (unpaired) electrons. The van der Waals surface area contributed by atoms with E-state index < -0.39 is 23.9 Å². The van der Waals surface area contributed by atoms with Crippen molar-refractivity contribution in [1.29, 1.82) is 0 Å². The number of rotatable bonds is 38. The molecule has 0 heterocycles. The number of ether oxygens (including phenoxy) is 2. The molecule has 0 atom stereocenters. The van der Waals surface area contributed by atoms with Gasteiger partial charge in [0.15, 0.2) is 0 Å². The smallest absolute Gasteiger partial charge is 0.339 e. The topological polar surface area (TPSA) is 127 Å². The average molecular weight is 893 g/mol. The van der Waals surface area contributed by atoms with Crippen LogP contribution in [0.3, 0.4) is 0 Å². The van der Waals surface area contributed by atoms with E-state index in [1.807, 2.05) is 6.07 Å². The van der Waals surface area contributed by atoms with Crippen LogP contribution in [0.2, 0.25) is 0 Å². The highest BCUT2D eigenvalue weighted by Crippen LogP contribution is 2.25. The van der Waals surface area contributed by atoms with E-state index in [2.05, 4.69) is 41.5 Å². The highest BCUT2D eigenvalue weighted by molar-refractivity contribution is 6.03. The second-order valence-corrected chi connectivity index (χ2v) is 18.9. The number of carboxylic acid groups (broad SMARTS) is 2. The maximum Gasteiger partial charge on any atom is 0.339 e. The Morgan fingerprint density at radius 2 is 0.812 bits per heavy atom. The summed E-state index contributed by atoms with van der Waals surface area (Å²) < 4.78 is 10.8. The molecule has 2 rings (SSSR count). The van der Waals surface area contributed by atoms with E-state index in [0.717, 1.165) is 87.2 Å². The molecule has 0 aliphatic rings. The summed E-state index contributed by atoms with van der Waals surface area (Å²) in [4.78, 5) is 48.6. The summed E-state index contributed by atoms with van der Waals surface area (Å²) in [6, 6.07) is 10.1. The number of aryl methyl sites for hydroxylation is 1. The lowest BCUT2D eigenvalue weighted by atomic mass is 9.89. The molecule has 0 fully saturated rings. The lowest BCUT2D eigenvalue weighted by Crippen LogP contribution is -2.15. The molecule has 2 aromatic carbocycles. The molecule has 2 N–H and O–H groups in total. The minimum atomic E-state index is -1.16. The molecule has 0 aliphatic heterocycles. The first kappa shape index (κ1) is 58.3. The Labute approximate surface area is 390 Å². The van der Waals surface area contributed by atoms with E-state index in [4.69, 9.17) is 9.47 Å². The van der Waals surface area contributed by atoms with Crippen molar-refractivity contribution in [3.63, 3.8) is 0 Å². The van der Waals surface area contributed by atoms with E-state index in [1.165, 1.54) is 128 Å². The Morgan fingerprint density at radius 3 is 1.20 bits per heavy atom. The summed E-state index contributed by atoms with van der Waals surface area (Å²) in [5, 5.41) is 19.3. The second-order valence-electron chi connectivity index (χ2n) is 18.9. The van der Waals surface area contributed by atoms with Gasteiger partial charge in [-0.15, -0.1) is 0 Å². The first-order valence-corrected chi connectivity index (χ1v) is 26.0. The molecule has 0 unspecified atom stereocenters. The van der Waals surface area contributed by atoms with Gasteiger partial charge in [0.05, 0.1) is 35.5 Å². The van der Waals surface area contributed by atoms with Gasteiger partial charge in [-0.2, -0.15) is 0 Å². The molecular weight excluding hydrogens is 801 g/mol. The van der Waals surface area contributed by atoms with Crippen molar-refractivity contribution in [2.45, 2.75) is 234 Å². The lowest BCUT2D eigenvalue weighted by molar-refractivity contribution is 0.0450. The van der Waals surface area contributed by atoms with Crippen molar-refractivity contribution in [3.05, 3.63) is 69.8 Å². The number of hydrogen-bond donors (Lipinski definition) is 2. The Bertz CT molecular complexity index is 1480. The van der Waals surface area contributed by atoms with Crippen LogP contribution in [-0.2, 0) is 22.3 Å². The molecule has 64 heavy (non-hydrogen) atoms. The molecule has 8 heteroatoms. The Morgan fingerprint density at radius 1 is 0.438 bits per heavy atom. The number of aromatic carboxylic acids is 2. The average Bonchev–Trinajstić information content (AvgIpc) is 3.27. The Kier molecular flexibility index (Phi) is 35.2. The third-order valence-corrected chi connectivity index (χ3v) is 12.1. The van der Waals surface area contributed by atoms with E-state index >= 15 is 0 Å². The van der Waals surface area contributed by atoms with Crippen LogP contribution in [0.1, 0.15) is 274 Å². The van der Waals surface area contributed by atoms with Gasteiger partial charge in [0, 0.05) is 0 Å². The molecule has 8 nitrogen and oxygen atoms in total. The maximum absolute atomic E-state index is 12.5. The Hall–Kier alpha value is -3.68. The molecule has 0 aromatic heterocycles. The fourth-order valence-electron chi connectivity index (χ4n) is 8.21. The monoisotopic (exact) mass is 893 g/mol. The number of carbonyl (C=O) groups is 4. The van der Waals surface area contributed by atoms with Gasteiger partial charge in [-0.05, 0) is 79.7 Å². The fraction of sp³-hybridized carbons (Fsp3) is 0.714. The standard InChI is InChI=1S/2C28H46O4/c1-21(2)15-11-7-5-9-13-17-23-19-20-25(27(29)30)26(28(31)32)24(23)18-14-10-6-8-12-16-22(3)4;1-3-5-7-9-11-13-15-19-23-31-27(29)25-21-17-18-22-26(25)28(30)32-24-20-16-14-12-10-8-6-4-2/h19-22H,5-18H2,1-4H3,(H,29,30)(H,31,32);17-18,21-22H,3-16,19-20,23-24H2,1-2H3. The second kappa shape index (κ2) is 38.6. The number of carbonyl (C=O) groups excluding carboxylic acids is 2. The van der Waals surface area contributed by atoms with E-state index in [0.29, 0.717) is 30.8 Å². The van der Waals surface area contributed by atoms with Gasteiger partial charge in [-0.3, -0.25) is 0 Å². The van der Waals surface area contributed by atoms with Crippen molar-refractivity contribution in [3.8, 4) is 0 Å². The Balaban J connectivity index is 0.000000640. The van der Waals surface area contributed by atoms with E-state index in [-0.39, 0.29) is 11.1 Å². The zero-order chi connectivity index (χ0) is 47.2. The SMILES string of the molecule is CC(C)CCCCCCCc1ccc(C(=O)O)c(C(=O)O)c1CCCCCCCC(C)C.CCCCCCCCCCOC(=O)c1ccccc1C(=O)OCCCCCCCCCC. The van der Waals surface area contributed by atoms with Crippen molar-refractivity contribution in [2.75, 3.05) is 13.2 Å². The van der Waals surface area contributed by atoms with Crippen LogP contribution in [0.15, 0.2) is 36.4 Å². The summed E-state index contributed by atoms with van der Waals surface area (Å²) in [7, 11) is 0. The molecule has 2 aromatic rings. The van der Waals surface area contributed by atoms with Gasteiger partial charge in [0.2, 0.25) is 0 Å². The molecule has 0 saturated heterocycles. The minimum Gasteiger partial charge on any atom is -0.478 e. The number of unbranched alkanes of at least 4 members (excludes halogenated alkanes) is 22. The number of esters is 2. The van der Waals surface area contributed by atoms with E-state index in [1.54, 1.807) is 24.3 Å². The van der Waals surface area contributed by atoms with Gasteiger partial charge in [-0.25, -0.2) is 19.2 Å².